The van der Waals surface area contributed by atoms with Crippen LogP contribution in [-0.4, -0.2) is 53.1 Å². The molecule has 1 amide bonds. The molecule has 0 saturated carbocycles. The first-order valence-electron chi connectivity index (χ1n) is 7.96. The van der Waals surface area contributed by atoms with Crippen molar-refractivity contribution >= 4 is 17.7 Å². The van der Waals surface area contributed by atoms with E-state index in [1.165, 1.54) is 0 Å². The van der Waals surface area contributed by atoms with Gasteiger partial charge in [0.1, 0.15) is 0 Å². The van der Waals surface area contributed by atoms with Crippen LogP contribution in [0.3, 0.4) is 0 Å². The summed E-state index contributed by atoms with van der Waals surface area (Å²) in [5.41, 5.74) is 6.98. The third kappa shape index (κ3) is 3.14. The van der Waals surface area contributed by atoms with Crippen LogP contribution in [0.5, 0.6) is 0 Å². The molecular formula is C16H24N4OS. The molecule has 120 valence electrons. The molecule has 0 aliphatic carbocycles. The number of nitrogens with zero attached hydrogens (tertiary/aromatic N) is 2. The van der Waals surface area contributed by atoms with Gasteiger partial charge in [-0.15, -0.1) is 11.8 Å². The maximum Gasteiger partial charge on any atom is 0.232 e. The monoisotopic (exact) mass is 320 g/mol. The maximum atomic E-state index is 13.1. The molecule has 2 atom stereocenters. The lowest BCUT2D eigenvalue weighted by atomic mass is 9.71. The second-order valence-corrected chi connectivity index (χ2v) is 7.23. The van der Waals surface area contributed by atoms with Crippen molar-refractivity contribution in [3.63, 3.8) is 0 Å². The molecule has 3 heterocycles. The van der Waals surface area contributed by atoms with Gasteiger partial charge in [0.15, 0.2) is 0 Å². The zero-order chi connectivity index (χ0) is 15.4. The van der Waals surface area contributed by atoms with E-state index in [2.05, 4.69) is 10.3 Å². The van der Waals surface area contributed by atoms with Crippen molar-refractivity contribution in [3.8, 4) is 0 Å². The van der Waals surface area contributed by atoms with E-state index < -0.39 is 5.41 Å². The topological polar surface area (TPSA) is 71.2 Å². The summed E-state index contributed by atoms with van der Waals surface area (Å²) in [6.07, 6.45) is 4.22. The highest BCUT2D eigenvalue weighted by Gasteiger charge is 2.47. The van der Waals surface area contributed by atoms with Crippen molar-refractivity contribution in [1.29, 1.82) is 0 Å². The van der Waals surface area contributed by atoms with Crippen LogP contribution in [0.25, 0.3) is 0 Å². The summed E-state index contributed by atoms with van der Waals surface area (Å²) in [4.78, 5) is 19.5. The summed E-state index contributed by atoms with van der Waals surface area (Å²) in [5, 5.41) is 3.39. The lowest BCUT2D eigenvalue weighted by molar-refractivity contribution is -0.143. The Balaban J connectivity index is 1.78. The minimum atomic E-state index is -0.485. The highest BCUT2D eigenvalue weighted by Crippen LogP contribution is 2.34. The van der Waals surface area contributed by atoms with Gasteiger partial charge in [0, 0.05) is 36.8 Å². The fraction of sp³-hybridized carbons (Fsp3) is 0.625. The van der Waals surface area contributed by atoms with Crippen molar-refractivity contribution < 1.29 is 4.79 Å². The van der Waals surface area contributed by atoms with Gasteiger partial charge >= 0.3 is 0 Å². The molecule has 2 aliphatic rings. The molecule has 0 aromatic carbocycles. The van der Waals surface area contributed by atoms with E-state index in [4.69, 9.17) is 5.73 Å². The van der Waals surface area contributed by atoms with Gasteiger partial charge in [-0.25, -0.2) is 0 Å². The van der Waals surface area contributed by atoms with Gasteiger partial charge in [-0.05, 0) is 37.9 Å². The zero-order valence-electron chi connectivity index (χ0n) is 12.8. The molecule has 6 heteroatoms. The van der Waals surface area contributed by atoms with E-state index in [0.717, 1.165) is 49.7 Å². The van der Waals surface area contributed by atoms with Crippen LogP contribution >= 0.6 is 11.8 Å². The van der Waals surface area contributed by atoms with Crippen LogP contribution in [0.2, 0.25) is 0 Å². The number of nitrogens with two attached hydrogens (primary N) is 1. The first-order chi connectivity index (χ1) is 10.7. The molecule has 2 fully saturated rings. The van der Waals surface area contributed by atoms with E-state index in [9.17, 15) is 4.79 Å². The van der Waals surface area contributed by atoms with Gasteiger partial charge in [-0.3, -0.25) is 9.78 Å². The third-order valence-corrected chi connectivity index (χ3v) is 5.77. The lowest BCUT2D eigenvalue weighted by Crippen LogP contribution is -2.61. The molecular weight excluding hydrogens is 296 g/mol. The average Bonchev–Trinajstić information content (AvgIpc) is 3.09. The SMILES string of the molecule is N[C@@H]1CCNC[C@]1(CCc1ccccn1)C(=O)N1CCSC1. The number of thioether (sulfide) groups is 1. The number of hydrogen-bond donors (Lipinski definition) is 2. The Morgan fingerprint density at radius 1 is 1.55 bits per heavy atom. The summed E-state index contributed by atoms with van der Waals surface area (Å²) >= 11 is 1.82. The predicted molar refractivity (Wildman–Crippen MR) is 89.5 cm³/mol. The van der Waals surface area contributed by atoms with Crippen LogP contribution < -0.4 is 11.1 Å². The predicted octanol–water partition coefficient (Wildman–Crippen LogP) is 0.854. The van der Waals surface area contributed by atoms with Crippen LogP contribution in [0.15, 0.2) is 24.4 Å². The Bertz CT molecular complexity index is 506. The Kier molecular flexibility index (Phi) is 5.00. The summed E-state index contributed by atoms with van der Waals surface area (Å²) in [6.45, 7) is 2.43. The van der Waals surface area contributed by atoms with Crippen LogP contribution in [-0.2, 0) is 11.2 Å². The first-order valence-corrected chi connectivity index (χ1v) is 9.11. The Morgan fingerprint density at radius 2 is 2.45 bits per heavy atom. The molecule has 0 radical (unpaired) electrons. The van der Waals surface area contributed by atoms with Gasteiger partial charge in [0.05, 0.1) is 11.3 Å². The first kappa shape index (κ1) is 15.8. The van der Waals surface area contributed by atoms with E-state index in [-0.39, 0.29) is 11.9 Å². The lowest BCUT2D eigenvalue weighted by Gasteiger charge is -2.43. The molecule has 0 spiro atoms. The van der Waals surface area contributed by atoms with Crippen molar-refractivity contribution in [2.75, 3.05) is 31.3 Å². The van der Waals surface area contributed by atoms with E-state index in [1.54, 1.807) is 6.20 Å². The van der Waals surface area contributed by atoms with Crippen LogP contribution in [0.1, 0.15) is 18.5 Å². The molecule has 3 N–H and O–H groups in total. The van der Waals surface area contributed by atoms with E-state index >= 15 is 0 Å². The fourth-order valence-electron chi connectivity index (χ4n) is 3.38. The average molecular weight is 320 g/mol. The number of hydrogen-bond acceptors (Lipinski definition) is 5. The molecule has 3 rings (SSSR count). The van der Waals surface area contributed by atoms with Crippen LogP contribution in [0.4, 0.5) is 0 Å². The van der Waals surface area contributed by atoms with Crippen LogP contribution in [0, 0.1) is 5.41 Å². The molecule has 1 aromatic rings. The fourth-order valence-corrected chi connectivity index (χ4v) is 4.32. The number of pyridine rings is 1. The number of amides is 1. The van der Waals surface area contributed by atoms with Crippen molar-refractivity contribution in [3.05, 3.63) is 30.1 Å². The number of rotatable bonds is 4. The molecule has 1 aromatic heterocycles. The number of nitrogens with one attached hydrogen (secondary N) is 1. The summed E-state index contributed by atoms with van der Waals surface area (Å²) < 4.78 is 0. The minimum Gasteiger partial charge on any atom is -0.332 e. The van der Waals surface area contributed by atoms with Crippen molar-refractivity contribution in [1.82, 2.24) is 15.2 Å². The largest absolute Gasteiger partial charge is 0.332 e. The summed E-state index contributed by atoms with van der Waals surface area (Å²) in [7, 11) is 0. The van der Waals surface area contributed by atoms with E-state index in [0.29, 0.717) is 6.54 Å². The smallest absolute Gasteiger partial charge is 0.232 e. The molecule has 5 nitrogen and oxygen atoms in total. The quantitative estimate of drug-likeness (QED) is 0.861. The highest BCUT2D eigenvalue weighted by molar-refractivity contribution is 7.99. The van der Waals surface area contributed by atoms with E-state index in [1.807, 2.05) is 34.9 Å². The number of carbonyl (C=O) groups excluding carboxylic acids is 1. The summed E-state index contributed by atoms with van der Waals surface area (Å²) in [5.74, 6) is 2.06. The van der Waals surface area contributed by atoms with Gasteiger partial charge in [-0.1, -0.05) is 6.07 Å². The molecule has 0 unspecified atom stereocenters. The summed E-state index contributed by atoms with van der Waals surface area (Å²) in [6, 6.07) is 5.86. The number of carbonyl (C=O) groups is 1. The zero-order valence-corrected chi connectivity index (χ0v) is 13.6. The molecule has 0 bridgehead atoms. The Morgan fingerprint density at radius 3 is 3.14 bits per heavy atom. The maximum absolute atomic E-state index is 13.1. The molecule has 2 aliphatic heterocycles. The highest BCUT2D eigenvalue weighted by atomic mass is 32.2. The molecule has 22 heavy (non-hydrogen) atoms. The number of piperidine rings is 1. The number of aryl methyl sites for hydroxylation is 1. The minimum absolute atomic E-state index is 0.0736. The standard InChI is InChI=1S/C16H24N4OS/c17-14-5-8-18-11-16(14,15(21)20-9-10-22-12-20)6-4-13-3-1-2-7-19-13/h1-3,7,14,18H,4-6,8-12,17H2/t14-,16+/m1/s1. The van der Waals surface area contributed by atoms with Gasteiger partial charge in [-0.2, -0.15) is 0 Å². The van der Waals surface area contributed by atoms with Crippen molar-refractivity contribution in [2.24, 2.45) is 11.1 Å². The second-order valence-electron chi connectivity index (χ2n) is 6.16. The Hall–Kier alpha value is -1.11. The normalized spacial score (nSPS) is 28.8. The van der Waals surface area contributed by atoms with Crippen molar-refractivity contribution in [2.45, 2.75) is 25.3 Å². The second kappa shape index (κ2) is 6.98. The van der Waals surface area contributed by atoms with Gasteiger partial charge in [0.2, 0.25) is 5.91 Å². The Labute approximate surface area is 136 Å². The third-order valence-electron chi connectivity index (χ3n) is 4.80. The number of aromatic nitrogens is 1. The molecule has 2 saturated heterocycles. The van der Waals surface area contributed by atoms with Gasteiger partial charge < -0.3 is 16.0 Å². The van der Waals surface area contributed by atoms with Gasteiger partial charge in [0.25, 0.3) is 0 Å².